The number of nitrogens with one attached hydrogen (secondary N) is 1. The van der Waals surface area contributed by atoms with Crippen LogP contribution in [-0.2, 0) is 11.2 Å². The van der Waals surface area contributed by atoms with E-state index in [9.17, 15) is 9.90 Å². The molecule has 140 valence electrons. The van der Waals surface area contributed by atoms with Crippen molar-refractivity contribution in [3.63, 3.8) is 0 Å². The molecule has 2 aromatic carbocycles. The second-order valence-corrected chi connectivity index (χ2v) is 6.82. The van der Waals surface area contributed by atoms with Crippen LogP contribution >= 0.6 is 11.3 Å². The molecule has 1 heterocycles. The second kappa shape index (κ2) is 8.09. The summed E-state index contributed by atoms with van der Waals surface area (Å²) in [6.07, 6.45) is 0.122. The van der Waals surface area contributed by atoms with Crippen LogP contribution in [0.2, 0.25) is 0 Å². The van der Waals surface area contributed by atoms with E-state index in [2.05, 4.69) is 10.3 Å². The highest BCUT2D eigenvalue weighted by molar-refractivity contribution is 7.13. The van der Waals surface area contributed by atoms with E-state index in [-0.39, 0.29) is 18.1 Å². The van der Waals surface area contributed by atoms with Crippen molar-refractivity contribution >= 4 is 22.9 Å². The van der Waals surface area contributed by atoms with Gasteiger partial charge in [-0.25, -0.2) is 4.98 Å². The highest BCUT2D eigenvalue weighted by Crippen LogP contribution is 2.33. The Labute approximate surface area is 161 Å². The monoisotopic (exact) mass is 384 g/mol. The van der Waals surface area contributed by atoms with Crippen LogP contribution in [0, 0.1) is 6.92 Å². The van der Waals surface area contributed by atoms with Crippen molar-refractivity contribution in [3.05, 3.63) is 53.0 Å². The SMILES string of the molecule is COc1ccc(-c2nc(CC(=O)Nc3ccc(C)cc3O)cs2)cc1OC. The first-order valence-electron chi connectivity index (χ1n) is 8.26. The maximum absolute atomic E-state index is 12.3. The molecule has 27 heavy (non-hydrogen) atoms. The highest BCUT2D eigenvalue weighted by Gasteiger charge is 2.13. The average Bonchev–Trinajstić information content (AvgIpc) is 3.11. The summed E-state index contributed by atoms with van der Waals surface area (Å²) < 4.78 is 10.6. The van der Waals surface area contributed by atoms with Gasteiger partial charge in [-0.1, -0.05) is 6.07 Å². The lowest BCUT2D eigenvalue weighted by Gasteiger charge is -2.08. The molecule has 3 aromatic rings. The number of anilines is 1. The largest absolute Gasteiger partial charge is 0.506 e. The van der Waals surface area contributed by atoms with Gasteiger partial charge in [0, 0.05) is 10.9 Å². The predicted molar refractivity (Wildman–Crippen MR) is 106 cm³/mol. The Balaban J connectivity index is 1.71. The molecule has 0 saturated carbocycles. The van der Waals surface area contributed by atoms with Crippen LogP contribution in [0.3, 0.4) is 0 Å². The summed E-state index contributed by atoms with van der Waals surface area (Å²) >= 11 is 1.45. The van der Waals surface area contributed by atoms with E-state index < -0.39 is 0 Å². The van der Waals surface area contributed by atoms with Crippen molar-refractivity contribution in [1.29, 1.82) is 0 Å². The van der Waals surface area contributed by atoms with Gasteiger partial charge in [0.2, 0.25) is 5.91 Å². The molecule has 1 aromatic heterocycles. The van der Waals surface area contributed by atoms with Crippen LogP contribution in [0.25, 0.3) is 10.6 Å². The molecule has 0 aliphatic carbocycles. The Bertz CT molecular complexity index is 968. The summed E-state index contributed by atoms with van der Waals surface area (Å²) in [6.45, 7) is 1.87. The Morgan fingerprint density at radius 1 is 1.15 bits per heavy atom. The Hall–Kier alpha value is -3.06. The van der Waals surface area contributed by atoms with E-state index in [1.165, 1.54) is 11.3 Å². The molecule has 0 radical (unpaired) electrons. The lowest BCUT2D eigenvalue weighted by Crippen LogP contribution is -2.14. The molecule has 0 bridgehead atoms. The topological polar surface area (TPSA) is 80.7 Å². The third-order valence-corrected chi connectivity index (χ3v) is 4.89. The number of amides is 1. The van der Waals surface area contributed by atoms with Gasteiger partial charge in [0.1, 0.15) is 10.8 Å². The quantitative estimate of drug-likeness (QED) is 0.628. The van der Waals surface area contributed by atoms with Crippen LogP contribution in [0.4, 0.5) is 5.69 Å². The first-order valence-corrected chi connectivity index (χ1v) is 9.14. The molecule has 0 aliphatic rings. The summed E-state index contributed by atoms with van der Waals surface area (Å²) in [6, 6.07) is 10.7. The van der Waals surface area contributed by atoms with Crippen LogP contribution in [0.5, 0.6) is 17.2 Å². The molecule has 0 fully saturated rings. The molecule has 6 nitrogen and oxygen atoms in total. The number of aryl methyl sites for hydroxylation is 1. The fourth-order valence-electron chi connectivity index (χ4n) is 2.60. The number of rotatable bonds is 6. The van der Waals surface area contributed by atoms with E-state index in [1.54, 1.807) is 26.4 Å². The zero-order valence-corrected chi connectivity index (χ0v) is 16.1. The standard InChI is InChI=1S/C20H20N2O4S/c1-12-4-6-15(16(23)8-12)22-19(24)10-14-11-27-20(21-14)13-5-7-17(25-2)18(9-13)26-3/h4-9,11,23H,10H2,1-3H3,(H,22,24). The minimum absolute atomic E-state index is 0.0487. The minimum Gasteiger partial charge on any atom is -0.506 e. The number of phenols is 1. The van der Waals surface area contributed by atoms with Gasteiger partial charge in [-0.05, 0) is 42.8 Å². The Morgan fingerprint density at radius 2 is 1.93 bits per heavy atom. The molecule has 0 atom stereocenters. The number of carbonyl (C=O) groups excluding carboxylic acids is 1. The Morgan fingerprint density at radius 3 is 2.63 bits per heavy atom. The third kappa shape index (κ3) is 4.38. The van der Waals surface area contributed by atoms with Crippen LogP contribution in [0.1, 0.15) is 11.3 Å². The molecule has 0 unspecified atom stereocenters. The smallest absolute Gasteiger partial charge is 0.230 e. The molecule has 2 N–H and O–H groups in total. The summed E-state index contributed by atoms with van der Waals surface area (Å²) in [5, 5.41) is 15.2. The molecule has 1 amide bonds. The number of methoxy groups -OCH3 is 2. The van der Waals surface area contributed by atoms with Gasteiger partial charge >= 0.3 is 0 Å². The van der Waals surface area contributed by atoms with Crippen molar-refractivity contribution in [1.82, 2.24) is 4.98 Å². The molecule has 0 saturated heterocycles. The van der Waals surface area contributed by atoms with Gasteiger partial charge in [0.15, 0.2) is 11.5 Å². The van der Waals surface area contributed by atoms with E-state index in [4.69, 9.17) is 9.47 Å². The van der Waals surface area contributed by atoms with Gasteiger partial charge in [-0.15, -0.1) is 11.3 Å². The second-order valence-electron chi connectivity index (χ2n) is 5.96. The number of carbonyl (C=O) groups is 1. The van der Waals surface area contributed by atoms with Crippen molar-refractivity contribution in [2.24, 2.45) is 0 Å². The zero-order chi connectivity index (χ0) is 19.4. The van der Waals surface area contributed by atoms with Gasteiger partial charge < -0.3 is 19.9 Å². The maximum atomic E-state index is 12.3. The molecule has 0 spiro atoms. The van der Waals surface area contributed by atoms with Crippen molar-refractivity contribution in [2.75, 3.05) is 19.5 Å². The van der Waals surface area contributed by atoms with E-state index >= 15 is 0 Å². The van der Waals surface area contributed by atoms with Gasteiger partial charge in [0.05, 0.1) is 32.0 Å². The number of hydrogen-bond donors (Lipinski definition) is 2. The van der Waals surface area contributed by atoms with E-state index in [0.717, 1.165) is 16.1 Å². The summed E-state index contributed by atoms with van der Waals surface area (Å²) in [7, 11) is 3.17. The lowest BCUT2D eigenvalue weighted by atomic mass is 10.2. The number of thiazole rings is 1. The maximum Gasteiger partial charge on any atom is 0.230 e. The van der Waals surface area contributed by atoms with Gasteiger partial charge in [-0.3, -0.25) is 4.79 Å². The van der Waals surface area contributed by atoms with Crippen molar-refractivity contribution in [2.45, 2.75) is 13.3 Å². The van der Waals surface area contributed by atoms with E-state index in [1.807, 2.05) is 36.6 Å². The van der Waals surface area contributed by atoms with Gasteiger partial charge in [-0.2, -0.15) is 0 Å². The van der Waals surface area contributed by atoms with Crippen molar-refractivity contribution < 1.29 is 19.4 Å². The number of hydrogen-bond acceptors (Lipinski definition) is 6. The van der Waals surface area contributed by atoms with Crippen LogP contribution < -0.4 is 14.8 Å². The lowest BCUT2D eigenvalue weighted by molar-refractivity contribution is -0.115. The first-order chi connectivity index (χ1) is 13.0. The number of phenolic OH excluding ortho intramolecular Hbond substituents is 1. The molecule has 3 rings (SSSR count). The zero-order valence-electron chi connectivity index (χ0n) is 15.3. The third-order valence-electron chi connectivity index (χ3n) is 3.95. The number of aromatic hydroxyl groups is 1. The highest BCUT2D eigenvalue weighted by atomic mass is 32.1. The number of aromatic nitrogens is 1. The number of benzene rings is 2. The van der Waals surface area contributed by atoms with Crippen LogP contribution in [0.15, 0.2) is 41.8 Å². The first kappa shape index (κ1) is 18.7. The van der Waals surface area contributed by atoms with E-state index in [0.29, 0.717) is 22.9 Å². The molecular weight excluding hydrogens is 364 g/mol. The molecular formula is C20H20N2O4S. The summed E-state index contributed by atoms with van der Waals surface area (Å²) in [5.74, 6) is 1.08. The normalized spacial score (nSPS) is 10.5. The summed E-state index contributed by atoms with van der Waals surface area (Å²) in [4.78, 5) is 16.8. The molecule has 7 heteroatoms. The summed E-state index contributed by atoms with van der Waals surface area (Å²) in [5.41, 5.74) is 2.86. The van der Waals surface area contributed by atoms with Gasteiger partial charge in [0.25, 0.3) is 0 Å². The average molecular weight is 384 g/mol. The van der Waals surface area contributed by atoms with Crippen LogP contribution in [-0.4, -0.2) is 30.2 Å². The fraction of sp³-hybridized carbons (Fsp3) is 0.200. The molecule has 0 aliphatic heterocycles. The van der Waals surface area contributed by atoms with Crippen molar-refractivity contribution in [3.8, 4) is 27.8 Å². The minimum atomic E-state index is -0.238. The predicted octanol–water partition coefficient (Wildman–Crippen LogP) is 4.02. The Kier molecular flexibility index (Phi) is 5.61. The fourth-order valence-corrected chi connectivity index (χ4v) is 3.41. The number of nitrogens with zero attached hydrogens (tertiary/aromatic N) is 1. The number of ether oxygens (including phenoxy) is 2.